The van der Waals surface area contributed by atoms with E-state index in [1.165, 1.54) is 11.3 Å². The van der Waals surface area contributed by atoms with Gasteiger partial charge in [0.15, 0.2) is 11.0 Å². The molecule has 1 amide bonds. The molecule has 2 rings (SSSR count). The molecule has 9 heteroatoms. The summed E-state index contributed by atoms with van der Waals surface area (Å²) >= 11 is 1.29. The first-order valence-corrected chi connectivity index (χ1v) is 7.43. The Morgan fingerprint density at radius 1 is 1.57 bits per heavy atom. The van der Waals surface area contributed by atoms with Crippen LogP contribution in [-0.2, 0) is 13.6 Å². The van der Waals surface area contributed by atoms with E-state index >= 15 is 0 Å². The van der Waals surface area contributed by atoms with Crippen LogP contribution in [0.15, 0.2) is 6.33 Å². The summed E-state index contributed by atoms with van der Waals surface area (Å²) in [6, 6.07) is 0. The number of nitrogen functional groups attached to an aromatic ring is 1. The number of nitrogens with one attached hydrogen (secondary N) is 1. The Balaban J connectivity index is 2.04. The lowest BCUT2D eigenvalue weighted by molar-refractivity contribution is 0.0954. The smallest absolute Gasteiger partial charge is 0.265 e. The highest BCUT2D eigenvalue weighted by Gasteiger charge is 2.18. The van der Waals surface area contributed by atoms with Crippen LogP contribution in [0.3, 0.4) is 0 Å². The van der Waals surface area contributed by atoms with E-state index in [1.807, 2.05) is 19.0 Å². The van der Waals surface area contributed by atoms with E-state index < -0.39 is 0 Å². The first-order chi connectivity index (χ1) is 10.0. The number of aromatic nitrogens is 4. The maximum absolute atomic E-state index is 12.2. The lowest BCUT2D eigenvalue weighted by atomic mass is 10.4. The third kappa shape index (κ3) is 3.48. The topological polar surface area (TPSA) is 102 Å². The van der Waals surface area contributed by atoms with Gasteiger partial charge < -0.3 is 20.5 Å². The van der Waals surface area contributed by atoms with Gasteiger partial charge in [0.05, 0.1) is 6.54 Å². The second-order valence-electron chi connectivity index (χ2n) is 4.67. The highest BCUT2D eigenvalue weighted by atomic mass is 32.1. The maximum atomic E-state index is 12.2. The molecule has 2 heterocycles. The molecule has 0 radical (unpaired) electrons. The van der Waals surface area contributed by atoms with Gasteiger partial charge in [0, 0.05) is 20.6 Å². The minimum Gasteiger partial charge on any atom is -0.382 e. The number of thiazole rings is 1. The van der Waals surface area contributed by atoms with Gasteiger partial charge in [0.2, 0.25) is 0 Å². The van der Waals surface area contributed by atoms with Crippen molar-refractivity contribution in [3.05, 3.63) is 17.0 Å². The van der Waals surface area contributed by atoms with Crippen LogP contribution in [0, 0.1) is 0 Å². The largest absolute Gasteiger partial charge is 0.382 e. The van der Waals surface area contributed by atoms with Gasteiger partial charge in [-0.25, -0.2) is 4.98 Å². The van der Waals surface area contributed by atoms with Crippen molar-refractivity contribution in [1.82, 2.24) is 25.1 Å². The van der Waals surface area contributed by atoms with Gasteiger partial charge in [-0.05, 0) is 6.42 Å². The van der Waals surface area contributed by atoms with E-state index in [-0.39, 0.29) is 11.7 Å². The van der Waals surface area contributed by atoms with E-state index in [1.54, 1.807) is 10.9 Å². The zero-order chi connectivity index (χ0) is 15.4. The molecule has 0 aliphatic heterocycles. The first-order valence-electron chi connectivity index (χ1n) is 6.61. The number of nitrogens with two attached hydrogens (primary N) is 1. The molecule has 0 fully saturated rings. The fourth-order valence-electron chi connectivity index (χ4n) is 1.78. The van der Waals surface area contributed by atoms with Gasteiger partial charge in [-0.3, -0.25) is 4.79 Å². The monoisotopic (exact) mass is 309 g/mol. The summed E-state index contributed by atoms with van der Waals surface area (Å²) in [5.41, 5.74) is 5.83. The van der Waals surface area contributed by atoms with Gasteiger partial charge in [-0.1, -0.05) is 18.3 Å². The van der Waals surface area contributed by atoms with Gasteiger partial charge >= 0.3 is 0 Å². The molecule has 0 spiro atoms. The highest BCUT2D eigenvalue weighted by molar-refractivity contribution is 7.18. The lowest BCUT2D eigenvalue weighted by Crippen LogP contribution is -2.24. The number of hydrogen-bond donors (Lipinski definition) is 2. The fourth-order valence-corrected chi connectivity index (χ4v) is 2.67. The summed E-state index contributed by atoms with van der Waals surface area (Å²) in [6.45, 7) is 3.25. The van der Waals surface area contributed by atoms with Gasteiger partial charge in [-0.15, -0.1) is 10.2 Å². The van der Waals surface area contributed by atoms with Crippen molar-refractivity contribution in [1.29, 1.82) is 0 Å². The third-order valence-corrected chi connectivity index (χ3v) is 4.13. The molecular formula is C12H19N7OS. The third-order valence-electron chi connectivity index (χ3n) is 2.95. The van der Waals surface area contributed by atoms with E-state index in [2.05, 4.69) is 27.4 Å². The Kier molecular flexibility index (Phi) is 4.73. The van der Waals surface area contributed by atoms with Crippen molar-refractivity contribution >= 4 is 28.2 Å². The molecule has 3 N–H and O–H groups in total. The number of amides is 1. The molecule has 0 aliphatic rings. The summed E-state index contributed by atoms with van der Waals surface area (Å²) in [4.78, 5) is 18.8. The summed E-state index contributed by atoms with van der Waals surface area (Å²) < 4.78 is 1.75. The average Bonchev–Trinajstić information content (AvgIpc) is 3.02. The minimum atomic E-state index is -0.246. The zero-order valence-electron chi connectivity index (χ0n) is 12.3. The van der Waals surface area contributed by atoms with Crippen LogP contribution < -0.4 is 16.0 Å². The zero-order valence-corrected chi connectivity index (χ0v) is 13.1. The van der Waals surface area contributed by atoms with Gasteiger partial charge in [-0.2, -0.15) is 0 Å². The Morgan fingerprint density at radius 2 is 2.33 bits per heavy atom. The summed E-state index contributed by atoms with van der Waals surface area (Å²) in [6.07, 6.45) is 2.59. The lowest BCUT2D eigenvalue weighted by Gasteiger charge is -2.13. The number of carbonyl (C=O) groups is 1. The molecule has 2 aromatic rings. The second-order valence-corrected chi connectivity index (χ2v) is 5.65. The quantitative estimate of drug-likeness (QED) is 0.811. The molecule has 0 unspecified atom stereocenters. The first kappa shape index (κ1) is 15.2. The number of nitrogens with zero attached hydrogens (tertiary/aromatic N) is 5. The number of rotatable bonds is 6. The predicted octanol–water partition coefficient (Wildman–Crippen LogP) is 0.630. The Labute approximate surface area is 127 Å². The normalized spacial score (nSPS) is 10.6. The molecule has 0 aliphatic carbocycles. The molecule has 2 aromatic heterocycles. The number of hydrogen-bond acceptors (Lipinski definition) is 7. The van der Waals surface area contributed by atoms with Crippen LogP contribution in [0.4, 0.5) is 10.9 Å². The summed E-state index contributed by atoms with van der Waals surface area (Å²) in [5.74, 6) is 0.687. The van der Waals surface area contributed by atoms with Crippen molar-refractivity contribution < 1.29 is 4.79 Å². The van der Waals surface area contributed by atoms with Gasteiger partial charge in [0.25, 0.3) is 5.91 Å². The van der Waals surface area contributed by atoms with Gasteiger partial charge in [0.1, 0.15) is 17.0 Å². The molecular weight excluding hydrogens is 290 g/mol. The SMILES string of the molecule is CCCN(C)c1nc(N)c(C(=O)NCc2nncn2C)s1. The standard InChI is InChI=1S/C12H19N7OS/c1-4-5-18(2)12-16-10(13)9(21-12)11(20)14-6-8-17-15-7-19(8)3/h7H,4-6,13H2,1-3H3,(H,14,20). The van der Waals surface area contributed by atoms with Crippen molar-refractivity contribution in [2.24, 2.45) is 7.05 Å². The Morgan fingerprint density at radius 3 is 2.95 bits per heavy atom. The van der Waals surface area contributed by atoms with E-state index in [0.717, 1.165) is 18.1 Å². The highest BCUT2D eigenvalue weighted by Crippen LogP contribution is 2.27. The molecule has 0 atom stereocenters. The van der Waals surface area contributed by atoms with Crippen LogP contribution in [0.2, 0.25) is 0 Å². The van der Waals surface area contributed by atoms with E-state index in [0.29, 0.717) is 17.2 Å². The molecule has 21 heavy (non-hydrogen) atoms. The molecule has 0 bridgehead atoms. The second kappa shape index (κ2) is 6.53. The Hall–Kier alpha value is -2.16. The maximum Gasteiger partial charge on any atom is 0.265 e. The van der Waals surface area contributed by atoms with Crippen LogP contribution in [0.5, 0.6) is 0 Å². The number of anilines is 2. The predicted molar refractivity (Wildman–Crippen MR) is 82.3 cm³/mol. The van der Waals surface area contributed by atoms with E-state index in [4.69, 9.17) is 5.73 Å². The van der Waals surface area contributed by atoms with Crippen LogP contribution in [0.25, 0.3) is 0 Å². The molecule has 114 valence electrons. The molecule has 8 nitrogen and oxygen atoms in total. The van der Waals surface area contributed by atoms with Crippen LogP contribution in [0.1, 0.15) is 28.8 Å². The number of carbonyl (C=O) groups excluding carboxylic acids is 1. The molecule has 0 saturated carbocycles. The van der Waals surface area contributed by atoms with Crippen LogP contribution >= 0.6 is 11.3 Å². The number of aryl methyl sites for hydroxylation is 1. The van der Waals surface area contributed by atoms with Crippen molar-refractivity contribution in [3.63, 3.8) is 0 Å². The fraction of sp³-hybridized carbons (Fsp3) is 0.500. The van der Waals surface area contributed by atoms with Crippen molar-refractivity contribution in [3.8, 4) is 0 Å². The average molecular weight is 309 g/mol. The molecule has 0 saturated heterocycles. The Bertz CT molecular complexity index is 621. The summed E-state index contributed by atoms with van der Waals surface area (Å²) in [5, 5.41) is 11.2. The van der Waals surface area contributed by atoms with Crippen molar-refractivity contribution in [2.75, 3.05) is 24.2 Å². The minimum absolute atomic E-state index is 0.246. The summed E-state index contributed by atoms with van der Waals surface area (Å²) in [7, 11) is 3.75. The van der Waals surface area contributed by atoms with Crippen molar-refractivity contribution in [2.45, 2.75) is 19.9 Å². The molecule has 0 aromatic carbocycles. The van der Waals surface area contributed by atoms with Crippen LogP contribution in [-0.4, -0.2) is 39.2 Å². The van der Waals surface area contributed by atoms with E-state index in [9.17, 15) is 4.79 Å².